The van der Waals surface area contributed by atoms with Crippen LogP contribution in [0, 0.1) is 12.8 Å². The molecule has 0 radical (unpaired) electrons. The zero-order valence-electron chi connectivity index (χ0n) is 12.7. The third-order valence-electron chi connectivity index (χ3n) is 3.82. The second-order valence-electron chi connectivity index (χ2n) is 5.62. The number of rotatable bonds is 3. The Bertz CT molecular complexity index is 742. The Morgan fingerprint density at radius 2 is 1.96 bits per heavy atom. The van der Waals surface area contributed by atoms with Gasteiger partial charge in [0, 0.05) is 23.7 Å². The van der Waals surface area contributed by atoms with E-state index in [4.69, 9.17) is 16.3 Å². The number of carbonyl (C=O) groups excluding carboxylic acids is 2. The van der Waals surface area contributed by atoms with Gasteiger partial charge in [-0.15, -0.1) is 0 Å². The number of benzene rings is 2. The largest absolute Gasteiger partial charge is 0.426 e. The van der Waals surface area contributed by atoms with E-state index in [-0.39, 0.29) is 12.3 Å². The van der Waals surface area contributed by atoms with Crippen molar-refractivity contribution in [3.63, 3.8) is 0 Å². The van der Waals surface area contributed by atoms with Crippen LogP contribution in [-0.4, -0.2) is 18.4 Å². The molecule has 1 atom stereocenters. The average molecular weight is 330 g/mol. The minimum Gasteiger partial charge on any atom is -0.426 e. The van der Waals surface area contributed by atoms with E-state index in [9.17, 15) is 9.59 Å². The van der Waals surface area contributed by atoms with Crippen molar-refractivity contribution in [2.24, 2.45) is 5.92 Å². The number of hydrogen-bond donors (Lipinski definition) is 0. The van der Waals surface area contributed by atoms with Crippen LogP contribution in [0.15, 0.2) is 48.5 Å². The van der Waals surface area contributed by atoms with Crippen molar-refractivity contribution in [3.8, 4) is 5.75 Å². The molecule has 1 aliphatic heterocycles. The van der Waals surface area contributed by atoms with Crippen LogP contribution in [0.2, 0.25) is 5.02 Å². The number of carbonyl (C=O) groups is 2. The highest BCUT2D eigenvalue weighted by Crippen LogP contribution is 2.27. The molecule has 0 spiro atoms. The van der Waals surface area contributed by atoms with E-state index in [1.54, 1.807) is 29.2 Å². The second-order valence-corrected chi connectivity index (χ2v) is 6.06. The Hall–Kier alpha value is -2.33. The summed E-state index contributed by atoms with van der Waals surface area (Å²) in [6, 6.07) is 14.3. The van der Waals surface area contributed by atoms with E-state index < -0.39 is 11.9 Å². The molecule has 118 valence electrons. The number of amides is 1. The first-order valence-corrected chi connectivity index (χ1v) is 7.75. The highest BCUT2D eigenvalue weighted by Gasteiger charge is 2.36. The summed E-state index contributed by atoms with van der Waals surface area (Å²) >= 11 is 5.87. The first-order chi connectivity index (χ1) is 11.0. The fourth-order valence-corrected chi connectivity index (χ4v) is 2.75. The van der Waals surface area contributed by atoms with Gasteiger partial charge in [0.1, 0.15) is 5.75 Å². The molecule has 1 unspecified atom stereocenters. The lowest BCUT2D eigenvalue weighted by Crippen LogP contribution is -2.27. The number of hydrogen-bond acceptors (Lipinski definition) is 3. The topological polar surface area (TPSA) is 46.6 Å². The van der Waals surface area contributed by atoms with Gasteiger partial charge in [-0.05, 0) is 37.3 Å². The Morgan fingerprint density at radius 1 is 1.22 bits per heavy atom. The van der Waals surface area contributed by atoms with Gasteiger partial charge in [0.15, 0.2) is 0 Å². The highest BCUT2D eigenvalue weighted by atomic mass is 35.5. The molecule has 3 rings (SSSR count). The zero-order valence-corrected chi connectivity index (χ0v) is 13.4. The van der Waals surface area contributed by atoms with Gasteiger partial charge in [-0.3, -0.25) is 9.59 Å². The van der Waals surface area contributed by atoms with E-state index in [1.807, 2.05) is 31.2 Å². The molecule has 1 saturated heterocycles. The summed E-state index contributed by atoms with van der Waals surface area (Å²) in [6.07, 6.45) is 0.160. The van der Waals surface area contributed by atoms with E-state index in [0.717, 1.165) is 11.3 Å². The summed E-state index contributed by atoms with van der Waals surface area (Å²) in [5.41, 5.74) is 1.93. The lowest BCUT2D eigenvalue weighted by molar-refractivity contribution is -0.139. The molecule has 0 aliphatic carbocycles. The fraction of sp³-hybridized carbons (Fsp3) is 0.222. The van der Waals surface area contributed by atoms with Gasteiger partial charge in [-0.1, -0.05) is 35.4 Å². The van der Waals surface area contributed by atoms with Crippen LogP contribution >= 0.6 is 11.6 Å². The van der Waals surface area contributed by atoms with Crippen LogP contribution in [0.3, 0.4) is 0 Å². The van der Waals surface area contributed by atoms with Crippen LogP contribution in [0.1, 0.15) is 12.0 Å². The summed E-state index contributed by atoms with van der Waals surface area (Å²) < 4.78 is 5.33. The molecule has 0 bridgehead atoms. The predicted molar refractivity (Wildman–Crippen MR) is 88.7 cm³/mol. The summed E-state index contributed by atoms with van der Waals surface area (Å²) in [6.45, 7) is 2.32. The smallest absolute Gasteiger partial charge is 0.316 e. The van der Waals surface area contributed by atoms with Gasteiger partial charge in [0.05, 0.1) is 5.92 Å². The maximum absolute atomic E-state index is 12.3. The van der Waals surface area contributed by atoms with Crippen molar-refractivity contribution in [1.29, 1.82) is 0 Å². The predicted octanol–water partition coefficient (Wildman–Crippen LogP) is 3.61. The normalized spacial score (nSPS) is 17.4. The van der Waals surface area contributed by atoms with Crippen LogP contribution in [0.25, 0.3) is 0 Å². The molecule has 0 N–H and O–H groups in total. The standard InChI is InChI=1S/C18H16ClNO3/c1-12-5-7-15(8-6-12)20-11-13(9-17(20)21)18(22)23-16-4-2-3-14(19)10-16/h2-8,10,13H,9,11H2,1H3. The van der Waals surface area contributed by atoms with E-state index >= 15 is 0 Å². The number of nitrogens with zero attached hydrogens (tertiary/aromatic N) is 1. The number of anilines is 1. The number of halogens is 1. The van der Waals surface area contributed by atoms with Gasteiger partial charge in [0.25, 0.3) is 0 Å². The number of esters is 1. The molecular weight excluding hydrogens is 314 g/mol. The first kappa shape index (κ1) is 15.6. The summed E-state index contributed by atoms with van der Waals surface area (Å²) in [5, 5.41) is 0.499. The molecule has 1 aliphatic rings. The lowest BCUT2D eigenvalue weighted by atomic mass is 10.1. The maximum Gasteiger partial charge on any atom is 0.316 e. The third-order valence-corrected chi connectivity index (χ3v) is 4.05. The molecule has 0 aromatic heterocycles. The van der Waals surface area contributed by atoms with E-state index in [0.29, 0.717) is 17.3 Å². The molecule has 2 aromatic carbocycles. The summed E-state index contributed by atoms with van der Waals surface area (Å²) in [4.78, 5) is 26.1. The molecule has 4 nitrogen and oxygen atoms in total. The monoisotopic (exact) mass is 329 g/mol. The SMILES string of the molecule is Cc1ccc(N2CC(C(=O)Oc3cccc(Cl)c3)CC2=O)cc1. The third kappa shape index (κ3) is 3.54. The first-order valence-electron chi connectivity index (χ1n) is 7.37. The van der Waals surface area contributed by atoms with Gasteiger partial charge in [0.2, 0.25) is 5.91 Å². The molecule has 1 fully saturated rings. The second kappa shape index (κ2) is 6.42. The van der Waals surface area contributed by atoms with Gasteiger partial charge >= 0.3 is 5.97 Å². The Balaban J connectivity index is 1.69. The minimum absolute atomic E-state index is 0.0677. The average Bonchev–Trinajstić information content (AvgIpc) is 2.90. The highest BCUT2D eigenvalue weighted by molar-refractivity contribution is 6.30. The van der Waals surface area contributed by atoms with Crippen LogP contribution < -0.4 is 9.64 Å². The number of ether oxygens (including phenoxy) is 1. The molecule has 0 saturated carbocycles. The van der Waals surface area contributed by atoms with Gasteiger partial charge in [-0.2, -0.15) is 0 Å². The Labute approximate surface area is 139 Å². The van der Waals surface area contributed by atoms with E-state index in [1.165, 1.54) is 0 Å². The van der Waals surface area contributed by atoms with Crippen molar-refractivity contribution in [1.82, 2.24) is 0 Å². The molecule has 23 heavy (non-hydrogen) atoms. The fourth-order valence-electron chi connectivity index (χ4n) is 2.57. The van der Waals surface area contributed by atoms with E-state index in [2.05, 4.69) is 0 Å². The maximum atomic E-state index is 12.3. The quantitative estimate of drug-likeness (QED) is 0.638. The molecule has 1 amide bonds. The van der Waals surface area contributed by atoms with Crippen molar-refractivity contribution >= 4 is 29.2 Å². The van der Waals surface area contributed by atoms with Gasteiger partial charge < -0.3 is 9.64 Å². The van der Waals surface area contributed by atoms with Gasteiger partial charge in [-0.25, -0.2) is 0 Å². The van der Waals surface area contributed by atoms with Crippen LogP contribution in [0.5, 0.6) is 5.75 Å². The van der Waals surface area contributed by atoms with Crippen molar-refractivity contribution in [2.75, 3.05) is 11.4 Å². The van der Waals surface area contributed by atoms with Crippen LogP contribution in [-0.2, 0) is 9.59 Å². The van der Waals surface area contributed by atoms with Crippen molar-refractivity contribution < 1.29 is 14.3 Å². The molecule has 1 heterocycles. The number of aryl methyl sites for hydroxylation is 1. The van der Waals surface area contributed by atoms with Crippen molar-refractivity contribution in [2.45, 2.75) is 13.3 Å². The lowest BCUT2D eigenvalue weighted by Gasteiger charge is -2.16. The Morgan fingerprint density at radius 3 is 2.65 bits per heavy atom. The zero-order chi connectivity index (χ0) is 16.4. The van der Waals surface area contributed by atoms with Crippen molar-refractivity contribution in [3.05, 3.63) is 59.1 Å². The molecule has 2 aromatic rings. The summed E-state index contributed by atoms with van der Waals surface area (Å²) in [5.74, 6) is -0.552. The van der Waals surface area contributed by atoms with Crippen LogP contribution in [0.4, 0.5) is 5.69 Å². The molecular formula is C18H16ClNO3. The summed E-state index contributed by atoms with van der Waals surface area (Å²) in [7, 11) is 0. The minimum atomic E-state index is -0.470. The molecule has 5 heteroatoms. The Kier molecular flexibility index (Phi) is 4.35.